The van der Waals surface area contributed by atoms with Crippen molar-refractivity contribution in [2.24, 2.45) is 0 Å². The van der Waals surface area contributed by atoms with Gasteiger partial charge in [-0.15, -0.1) is 0 Å². The third-order valence-corrected chi connectivity index (χ3v) is 5.72. The van der Waals surface area contributed by atoms with E-state index in [2.05, 4.69) is 16.7 Å². The van der Waals surface area contributed by atoms with Gasteiger partial charge in [0.15, 0.2) is 0 Å². The molecule has 21 heavy (non-hydrogen) atoms. The lowest BCUT2D eigenvalue weighted by atomic mass is 10.1. The van der Waals surface area contributed by atoms with Gasteiger partial charge in [0.1, 0.15) is 13.3 Å². The molecule has 0 radical (unpaired) electrons. The number of nitrogens with one attached hydrogen (secondary N) is 1. The first-order chi connectivity index (χ1) is 9.80. The van der Waals surface area contributed by atoms with Gasteiger partial charge in [-0.25, -0.2) is 0 Å². The second kappa shape index (κ2) is 8.43. The normalized spacial score (nSPS) is 40.1. The molecule has 124 valence electrons. The Kier molecular flexibility index (Phi) is 7.19. The molecule has 3 aliphatic heterocycles. The van der Waals surface area contributed by atoms with Crippen LogP contribution in [0.5, 0.6) is 0 Å². The summed E-state index contributed by atoms with van der Waals surface area (Å²) < 4.78 is 1.39. The first kappa shape index (κ1) is 17.9. The molecule has 3 rings (SSSR count). The Labute approximate surface area is 148 Å². The molecule has 5 heteroatoms. The van der Waals surface area contributed by atoms with Crippen LogP contribution in [0.15, 0.2) is 0 Å². The molecule has 3 aliphatic rings. The molecule has 3 fully saturated rings. The minimum atomic E-state index is 0. The van der Waals surface area contributed by atoms with Crippen LogP contribution in [0, 0.1) is 0 Å². The fraction of sp³-hybridized carbons (Fsp3) is 1.00. The van der Waals surface area contributed by atoms with Gasteiger partial charge in [-0.3, -0.25) is 9.80 Å². The van der Waals surface area contributed by atoms with Crippen molar-refractivity contribution in [2.45, 2.75) is 32.6 Å². The zero-order chi connectivity index (χ0) is 13.8. The summed E-state index contributed by atoms with van der Waals surface area (Å²) in [4.78, 5) is 7.35. The predicted octanol–water partition coefficient (Wildman–Crippen LogP) is -3.17. The molecule has 0 aromatic rings. The number of fused-ring (bicyclic) bond motifs is 4. The molecule has 3 saturated heterocycles. The summed E-state index contributed by atoms with van der Waals surface area (Å²) in [6.45, 7) is 17.4. The molecule has 0 aromatic heterocycles. The quantitative estimate of drug-likeness (QED) is 0.390. The van der Waals surface area contributed by atoms with Crippen molar-refractivity contribution in [1.82, 2.24) is 9.80 Å². The van der Waals surface area contributed by atoms with Gasteiger partial charge in [0.25, 0.3) is 0 Å². The van der Waals surface area contributed by atoms with Crippen molar-refractivity contribution in [3.8, 4) is 0 Å². The Morgan fingerprint density at radius 2 is 1.81 bits per heavy atom. The van der Waals surface area contributed by atoms with Crippen LogP contribution in [-0.4, -0.2) is 86.5 Å². The van der Waals surface area contributed by atoms with Crippen LogP contribution in [0.1, 0.15) is 32.6 Å². The van der Waals surface area contributed by atoms with E-state index >= 15 is 0 Å². The van der Waals surface area contributed by atoms with E-state index in [1.165, 1.54) is 102 Å². The minimum absolute atomic E-state index is 0. The zero-order valence-electron chi connectivity index (χ0n) is 13.8. The third-order valence-electron chi connectivity index (χ3n) is 5.72. The summed E-state index contributed by atoms with van der Waals surface area (Å²) in [5.74, 6) is 0. The van der Waals surface area contributed by atoms with Crippen molar-refractivity contribution in [3.63, 3.8) is 0 Å². The third kappa shape index (κ3) is 4.77. The van der Waals surface area contributed by atoms with Crippen molar-refractivity contribution in [3.05, 3.63) is 0 Å². The minimum Gasteiger partial charge on any atom is -1.00 e. The lowest BCUT2D eigenvalue weighted by Gasteiger charge is -2.48. The standard InChI is InChI=1S/C16H33N4.HI/c1-2-3-12-20-13-5-8-19(16-20)10-9-17-6-4-7-18(15-17)11-14-20;/h2-16H2,1H3;1H/q+1;. The van der Waals surface area contributed by atoms with E-state index in [9.17, 15) is 0 Å². The lowest BCUT2D eigenvalue weighted by Crippen LogP contribution is -3.15. The van der Waals surface area contributed by atoms with Gasteiger partial charge in [-0.05, 0) is 6.42 Å². The molecular weight excluding hydrogens is 375 g/mol. The van der Waals surface area contributed by atoms with E-state index in [0.717, 1.165) is 0 Å². The highest BCUT2D eigenvalue weighted by atomic mass is 127. The number of rotatable bonds is 3. The first-order valence-electron chi connectivity index (χ1n) is 8.93. The fourth-order valence-corrected chi connectivity index (χ4v) is 4.44. The number of halogens is 1. The van der Waals surface area contributed by atoms with E-state index in [4.69, 9.17) is 0 Å². The van der Waals surface area contributed by atoms with Gasteiger partial charge in [0.2, 0.25) is 0 Å². The fourth-order valence-electron chi connectivity index (χ4n) is 4.44. The van der Waals surface area contributed by atoms with Gasteiger partial charge in [-0.2, -0.15) is 0 Å². The topological polar surface area (TPSA) is 10.9 Å². The van der Waals surface area contributed by atoms with Crippen LogP contribution >= 0.6 is 0 Å². The first-order valence-corrected chi connectivity index (χ1v) is 8.93. The van der Waals surface area contributed by atoms with Crippen molar-refractivity contribution >= 4 is 0 Å². The summed E-state index contributed by atoms with van der Waals surface area (Å²) >= 11 is 0. The van der Waals surface area contributed by atoms with Gasteiger partial charge in [0, 0.05) is 25.9 Å². The van der Waals surface area contributed by atoms with Crippen LogP contribution in [-0.2, 0) is 0 Å². The average molecular weight is 409 g/mol. The highest BCUT2D eigenvalue weighted by Gasteiger charge is 2.35. The van der Waals surface area contributed by atoms with Crippen LogP contribution in [0.3, 0.4) is 0 Å². The smallest absolute Gasteiger partial charge is 0.135 e. The second-order valence-electron chi connectivity index (χ2n) is 7.36. The van der Waals surface area contributed by atoms with Crippen LogP contribution in [0.25, 0.3) is 0 Å². The van der Waals surface area contributed by atoms with E-state index in [-0.39, 0.29) is 24.0 Å². The summed E-state index contributed by atoms with van der Waals surface area (Å²) in [5.41, 5.74) is 0. The highest BCUT2D eigenvalue weighted by Crippen LogP contribution is 2.18. The largest absolute Gasteiger partial charge is 1.00 e. The molecule has 4 atom stereocenters. The summed E-state index contributed by atoms with van der Waals surface area (Å²) in [7, 11) is 0. The maximum atomic E-state index is 2.77. The monoisotopic (exact) mass is 409 g/mol. The van der Waals surface area contributed by atoms with Crippen LogP contribution < -0.4 is 28.9 Å². The van der Waals surface area contributed by atoms with Gasteiger partial charge in [0.05, 0.1) is 45.8 Å². The second-order valence-corrected chi connectivity index (χ2v) is 7.36. The van der Waals surface area contributed by atoms with E-state index in [1.807, 2.05) is 4.90 Å². The molecule has 4 nitrogen and oxygen atoms in total. The SMILES string of the molecule is CCCC[N+]12CCCN(CC[NH+]3CCCN(CC1)C3)C2.[I-]. The molecule has 1 N–H and O–H groups in total. The Bertz CT molecular complexity index is 315. The van der Waals surface area contributed by atoms with Gasteiger partial charge < -0.3 is 33.4 Å². The molecule has 0 spiro atoms. The van der Waals surface area contributed by atoms with Gasteiger partial charge >= 0.3 is 0 Å². The van der Waals surface area contributed by atoms with Crippen LogP contribution in [0.4, 0.5) is 0 Å². The predicted molar refractivity (Wildman–Crippen MR) is 82.6 cm³/mol. The Hall–Kier alpha value is 0.570. The van der Waals surface area contributed by atoms with Crippen molar-refractivity contribution in [2.75, 3.05) is 72.2 Å². The molecule has 0 aromatic carbocycles. The molecule has 0 aliphatic carbocycles. The average Bonchev–Trinajstić information content (AvgIpc) is 2.49. The number of hydrogen-bond donors (Lipinski definition) is 1. The Balaban J connectivity index is 0.00000161. The van der Waals surface area contributed by atoms with Crippen LogP contribution in [0.2, 0.25) is 0 Å². The Morgan fingerprint density at radius 3 is 2.67 bits per heavy atom. The zero-order valence-corrected chi connectivity index (χ0v) is 16.0. The Morgan fingerprint density at radius 1 is 0.952 bits per heavy atom. The molecule has 0 saturated carbocycles. The summed E-state index contributed by atoms with van der Waals surface area (Å²) in [6, 6.07) is 0. The number of quaternary nitrogens is 2. The van der Waals surface area contributed by atoms with E-state index in [1.54, 1.807) is 0 Å². The summed E-state index contributed by atoms with van der Waals surface area (Å²) in [6.07, 6.45) is 5.58. The maximum absolute atomic E-state index is 2.77. The van der Waals surface area contributed by atoms with Crippen molar-refractivity contribution < 1.29 is 33.4 Å². The summed E-state index contributed by atoms with van der Waals surface area (Å²) in [5, 5.41) is 0. The van der Waals surface area contributed by atoms with Crippen molar-refractivity contribution in [1.29, 1.82) is 0 Å². The van der Waals surface area contributed by atoms with Gasteiger partial charge in [-0.1, -0.05) is 13.3 Å². The van der Waals surface area contributed by atoms with E-state index in [0.29, 0.717) is 0 Å². The molecule has 4 bridgehead atoms. The lowest BCUT2D eigenvalue weighted by molar-refractivity contribution is -0.950. The van der Waals surface area contributed by atoms with E-state index < -0.39 is 0 Å². The molecular formula is C16H34IN4+. The highest BCUT2D eigenvalue weighted by molar-refractivity contribution is 4.65. The molecule has 4 unspecified atom stereocenters. The molecule has 3 heterocycles. The maximum Gasteiger partial charge on any atom is 0.135 e. The molecule has 0 amide bonds. The number of nitrogens with zero attached hydrogens (tertiary/aromatic N) is 3. The number of hydrogen-bond acceptors (Lipinski definition) is 2. The number of unbranched alkanes of at least 4 members (excludes halogenated alkanes) is 1.